The van der Waals surface area contributed by atoms with Gasteiger partial charge in [0.05, 0.1) is 12.7 Å². The van der Waals surface area contributed by atoms with Gasteiger partial charge in [-0.1, -0.05) is 0 Å². The van der Waals surface area contributed by atoms with Crippen molar-refractivity contribution in [1.82, 2.24) is 4.90 Å². The van der Waals surface area contributed by atoms with Crippen molar-refractivity contribution >= 4 is 22.8 Å². The van der Waals surface area contributed by atoms with E-state index in [1.54, 1.807) is 6.26 Å². The number of carboxylic acids is 1. The second-order valence-electron chi connectivity index (χ2n) is 6.55. The van der Waals surface area contributed by atoms with E-state index < -0.39 is 5.97 Å². The van der Waals surface area contributed by atoms with Crippen LogP contribution in [0.1, 0.15) is 36.0 Å². The molecule has 2 aliphatic rings. The number of nitrogens with zero attached hydrogens (tertiary/aromatic N) is 1. The number of hydrogen-bond donors (Lipinski definition) is 1. The largest absolute Gasteiger partial charge is 0.480 e. The summed E-state index contributed by atoms with van der Waals surface area (Å²) in [6, 6.07) is 4.32. The summed E-state index contributed by atoms with van der Waals surface area (Å²) in [4.78, 5) is 25.0. The maximum absolute atomic E-state index is 12.5. The Labute approximate surface area is 133 Å². The molecule has 0 unspecified atom stereocenters. The minimum Gasteiger partial charge on any atom is -0.480 e. The van der Waals surface area contributed by atoms with Crippen molar-refractivity contribution in [3.05, 3.63) is 35.1 Å². The molecule has 120 valence electrons. The first-order valence-corrected chi connectivity index (χ1v) is 8.15. The molecule has 0 radical (unpaired) electrons. The first-order valence-electron chi connectivity index (χ1n) is 8.15. The summed E-state index contributed by atoms with van der Waals surface area (Å²) >= 11 is 0. The van der Waals surface area contributed by atoms with Gasteiger partial charge in [-0.2, -0.15) is 0 Å². The highest BCUT2D eigenvalue weighted by Crippen LogP contribution is 2.32. The van der Waals surface area contributed by atoms with Crippen LogP contribution in [0.15, 0.2) is 22.8 Å². The number of hydrogen-bond acceptors (Lipinski definition) is 3. The zero-order valence-electron chi connectivity index (χ0n) is 12.9. The third kappa shape index (κ3) is 2.71. The highest BCUT2D eigenvalue weighted by molar-refractivity contribution is 5.90. The molecule has 5 heteroatoms. The Balaban J connectivity index is 1.59. The highest BCUT2D eigenvalue weighted by Gasteiger charge is 2.34. The zero-order chi connectivity index (χ0) is 16.0. The van der Waals surface area contributed by atoms with Crippen molar-refractivity contribution in [2.75, 3.05) is 6.54 Å². The molecular formula is C18H19NO4. The summed E-state index contributed by atoms with van der Waals surface area (Å²) in [7, 11) is 0. The molecule has 0 bridgehead atoms. The summed E-state index contributed by atoms with van der Waals surface area (Å²) < 4.78 is 5.63. The van der Waals surface area contributed by atoms with Gasteiger partial charge in [-0.15, -0.1) is 0 Å². The topological polar surface area (TPSA) is 70.8 Å². The lowest BCUT2D eigenvalue weighted by atomic mass is 10.0. The van der Waals surface area contributed by atoms with Crippen LogP contribution in [0.4, 0.5) is 0 Å². The Hall–Kier alpha value is -2.30. The summed E-state index contributed by atoms with van der Waals surface area (Å²) in [6.07, 6.45) is 6.99. The number of benzene rings is 1. The van der Waals surface area contributed by atoms with Crippen molar-refractivity contribution in [2.45, 2.75) is 44.6 Å². The third-order valence-corrected chi connectivity index (χ3v) is 4.82. The lowest BCUT2D eigenvalue weighted by molar-refractivity contribution is -0.144. The van der Waals surface area contributed by atoms with Crippen LogP contribution in [0.25, 0.3) is 11.0 Å². The van der Waals surface area contributed by atoms with Crippen molar-refractivity contribution in [1.29, 1.82) is 0 Å². The number of aryl methyl sites for hydroxylation is 2. The van der Waals surface area contributed by atoms with Gasteiger partial charge in [0, 0.05) is 17.0 Å². The Bertz CT molecular complexity index is 788. The van der Waals surface area contributed by atoms with E-state index in [4.69, 9.17) is 9.52 Å². The van der Waals surface area contributed by atoms with Gasteiger partial charge < -0.3 is 14.4 Å². The lowest BCUT2D eigenvalue weighted by Crippen LogP contribution is -2.38. The summed E-state index contributed by atoms with van der Waals surface area (Å²) in [5, 5.41) is 9.99. The van der Waals surface area contributed by atoms with Crippen LogP contribution < -0.4 is 0 Å². The van der Waals surface area contributed by atoms with Crippen molar-refractivity contribution in [2.24, 2.45) is 0 Å². The SMILES string of the molecule is O=C(O)CN(C(=O)Cc1coc2cc3c(cc12)CCC3)C1CC1. The number of carbonyl (C=O) groups excluding carboxylic acids is 1. The van der Waals surface area contributed by atoms with Gasteiger partial charge in [0.1, 0.15) is 12.1 Å². The maximum Gasteiger partial charge on any atom is 0.323 e. The van der Waals surface area contributed by atoms with Crippen molar-refractivity contribution in [3.63, 3.8) is 0 Å². The molecular weight excluding hydrogens is 294 g/mol. The van der Waals surface area contributed by atoms with Crippen LogP contribution in [0.5, 0.6) is 0 Å². The molecule has 0 aliphatic heterocycles. The second-order valence-corrected chi connectivity index (χ2v) is 6.55. The standard InChI is InChI=1S/C18H19NO4/c20-17(19(9-18(21)22)14-4-5-14)8-13-10-23-16-7-12-3-1-2-11(12)6-15(13)16/h6-7,10,14H,1-5,8-9H2,(H,21,22). The number of rotatable bonds is 5. The number of fused-ring (bicyclic) bond motifs is 2. The molecule has 2 aliphatic carbocycles. The quantitative estimate of drug-likeness (QED) is 0.921. The Morgan fingerprint density at radius 2 is 1.96 bits per heavy atom. The van der Waals surface area contributed by atoms with E-state index in [-0.39, 0.29) is 24.9 Å². The molecule has 1 amide bonds. The molecule has 2 aromatic rings. The number of carboxylic acid groups (broad SMARTS) is 1. The van der Waals surface area contributed by atoms with E-state index in [1.807, 2.05) is 0 Å². The van der Waals surface area contributed by atoms with Crippen LogP contribution >= 0.6 is 0 Å². The summed E-state index contributed by atoms with van der Waals surface area (Å²) in [5.74, 6) is -1.08. The monoisotopic (exact) mass is 313 g/mol. The van der Waals surface area contributed by atoms with Crippen molar-refractivity contribution < 1.29 is 19.1 Å². The summed E-state index contributed by atoms with van der Waals surface area (Å²) in [6.45, 7) is -0.214. The average Bonchev–Trinajstić information content (AvgIpc) is 3.14. The first kappa shape index (κ1) is 14.3. The van der Waals surface area contributed by atoms with Crippen molar-refractivity contribution in [3.8, 4) is 0 Å². The van der Waals surface area contributed by atoms with E-state index in [0.29, 0.717) is 0 Å². The number of carbonyl (C=O) groups is 2. The van der Waals surface area contributed by atoms with Crippen LogP contribution in [0.2, 0.25) is 0 Å². The molecule has 0 atom stereocenters. The van der Waals surface area contributed by atoms with E-state index >= 15 is 0 Å². The fourth-order valence-electron chi connectivity index (χ4n) is 3.50. The summed E-state index contributed by atoms with van der Waals surface area (Å²) in [5.41, 5.74) is 4.37. The van der Waals surface area contributed by atoms with Gasteiger partial charge in [0.25, 0.3) is 0 Å². The molecule has 0 spiro atoms. The number of furan rings is 1. The lowest BCUT2D eigenvalue weighted by Gasteiger charge is -2.19. The van der Waals surface area contributed by atoms with Crippen LogP contribution in [-0.4, -0.2) is 34.5 Å². The average molecular weight is 313 g/mol. The number of aliphatic carboxylic acids is 1. The predicted molar refractivity (Wildman–Crippen MR) is 84.3 cm³/mol. The van der Waals surface area contributed by atoms with Gasteiger partial charge in [-0.25, -0.2) is 0 Å². The molecule has 1 aromatic heterocycles. The normalized spacial score (nSPS) is 16.5. The molecule has 23 heavy (non-hydrogen) atoms. The Morgan fingerprint density at radius 1 is 1.22 bits per heavy atom. The molecule has 5 nitrogen and oxygen atoms in total. The fraction of sp³-hybridized carbons (Fsp3) is 0.444. The Kier molecular flexibility index (Phi) is 3.36. The maximum atomic E-state index is 12.5. The molecule has 1 fully saturated rings. The Morgan fingerprint density at radius 3 is 2.65 bits per heavy atom. The van der Waals surface area contributed by atoms with Crippen LogP contribution in [0.3, 0.4) is 0 Å². The molecule has 1 saturated carbocycles. The highest BCUT2D eigenvalue weighted by atomic mass is 16.4. The van der Waals surface area contributed by atoms with E-state index in [1.165, 1.54) is 22.4 Å². The minimum atomic E-state index is -0.958. The van der Waals surface area contributed by atoms with E-state index in [2.05, 4.69) is 12.1 Å². The second kappa shape index (κ2) is 5.41. The first-order chi connectivity index (χ1) is 11.1. The van der Waals surface area contributed by atoms with Gasteiger partial charge in [-0.05, 0) is 55.4 Å². The van der Waals surface area contributed by atoms with Crippen LogP contribution in [0, 0.1) is 0 Å². The molecule has 0 saturated heterocycles. The molecule has 1 N–H and O–H groups in total. The number of amides is 1. The molecule has 1 aromatic carbocycles. The van der Waals surface area contributed by atoms with Gasteiger partial charge in [-0.3, -0.25) is 9.59 Å². The van der Waals surface area contributed by atoms with E-state index in [0.717, 1.165) is 42.2 Å². The zero-order valence-corrected chi connectivity index (χ0v) is 12.9. The smallest absolute Gasteiger partial charge is 0.323 e. The predicted octanol–water partition coefficient (Wildman–Crippen LogP) is 2.54. The fourth-order valence-corrected chi connectivity index (χ4v) is 3.50. The van der Waals surface area contributed by atoms with E-state index in [9.17, 15) is 9.59 Å². The van der Waals surface area contributed by atoms with Gasteiger partial charge in [0.15, 0.2) is 0 Å². The van der Waals surface area contributed by atoms with Gasteiger partial charge in [0.2, 0.25) is 5.91 Å². The van der Waals surface area contributed by atoms with Crippen LogP contribution in [-0.2, 0) is 28.9 Å². The minimum absolute atomic E-state index is 0.0982. The van der Waals surface area contributed by atoms with Gasteiger partial charge >= 0.3 is 5.97 Å². The molecule has 1 heterocycles. The molecule has 4 rings (SSSR count). The third-order valence-electron chi connectivity index (χ3n) is 4.82.